The molecule has 0 spiro atoms. The normalized spacial score (nSPS) is 46.9. The van der Waals surface area contributed by atoms with E-state index in [1.165, 1.54) is 12.8 Å². The highest BCUT2D eigenvalue weighted by molar-refractivity contribution is 6.05. The van der Waals surface area contributed by atoms with E-state index in [9.17, 15) is 9.59 Å². The van der Waals surface area contributed by atoms with Crippen molar-refractivity contribution in [3.8, 4) is 0 Å². The lowest BCUT2D eigenvalue weighted by atomic mass is 9.98. The Kier molecular flexibility index (Phi) is 2.31. The van der Waals surface area contributed by atoms with E-state index in [0.717, 1.165) is 32.1 Å². The molecule has 0 aromatic rings. The molecule has 98 valence electrons. The lowest BCUT2D eigenvalue weighted by Crippen LogP contribution is -2.50. The summed E-state index contributed by atoms with van der Waals surface area (Å²) in [6, 6.07) is 1.26. The number of amides is 2. The van der Waals surface area contributed by atoms with Crippen LogP contribution in [0.2, 0.25) is 0 Å². The van der Waals surface area contributed by atoms with Crippen molar-refractivity contribution in [2.75, 3.05) is 0 Å². The van der Waals surface area contributed by atoms with Gasteiger partial charge in [-0.3, -0.25) is 14.5 Å². The highest BCUT2D eigenvalue weighted by Crippen LogP contribution is 2.42. The molecule has 3 saturated heterocycles. The second-order valence-corrected chi connectivity index (χ2v) is 6.45. The standard InChI is InChI=1S/C14H20N2O2/c17-13-11-2-1-3-12(11)14(18)16(13)10-6-8-4-5-9(7-10)15-8/h8-12,15H,1-7H2. The summed E-state index contributed by atoms with van der Waals surface area (Å²) in [5.74, 6) is 0.359. The molecule has 3 heterocycles. The van der Waals surface area contributed by atoms with Gasteiger partial charge in [0.2, 0.25) is 11.8 Å². The number of carbonyl (C=O) groups excluding carboxylic acids is 2. The fourth-order valence-corrected chi connectivity index (χ4v) is 4.62. The van der Waals surface area contributed by atoms with Gasteiger partial charge in [-0.1, -0.05) is 6.42 Å². The van der Waals surface area contributed by atoms with Gasteiger partial charge in [0.1, 0.15) is 0 Å². The molecular weight excluding hydrogens is 228 g/mol. The maximum atomic E-state index is 12.4. The third kappa shape index (κ3) is 1.41. The van der Waals surface area contributed by atoms with Crippen LogP contribution in [-0.4, -0.2) is 34.8 Å². The van der Waals surface area contributed by atoms with Crippen LogP contribution in [0.1, 0.15) is 44.9 Å². The van der Waals surface area contributed by atoms with Gasteiger partial charge in [0.15, 0.2) is 0 Å². The van der Waals surface area contributed by atoms with Crippen molar-refractivity contribution in [2.24, 2.45) is 11.8 Å². The van der Waals surface area contributed by atoms with Crippen LogP contribution in [-0.2, 0) is 9.59 Å². The molecule has 3 aliphatic heterocycles. The molecule has 4 nitrogen and oxygen atoms in total. The van der Waals surface area contributed by atoms with E-state index in [4.69, 9.17) is 0 Å². The average Bonchev–Trinajstić information content (AvgIpc) is 3.00. The number of nitrogens with zero attached hydrogens (tertiary/aromatic N) is 1. The van der Waals surface area contributed by atoms with E-state index in [2.05, 4.69) is 5.32 Å². The van der Waals surface area contributed by atoms with Crippen LogP contribution in [0.3, 0.4) is 0 Å². The number of likely N-dealkylation sites (tertiary alicyclic amines) is 1. The molecule has 1 saturated carbocycles. The number of fused-ring (bicyclic) bond motifs is 3. The molecular formula is C14H20N2O2. The minimum absolute atomic E-state index is 0.0324. The number of nitrogens with one attached hydrogen (secondary N) is 1. The molecule has 0 aromatic carbocycles. The van der Waals surface area contributed by atoms with Crippen LogP contribution < -0.4 is 5.32 Å². The summed E-state index contributed by atoms with van der Waals surface area (Å²) in [6.07, 6.45) is 7.31. The molecule has 4 fully saturated rings. The molecule has 4 rings (SSSR count). The fourth-order valence-electron chi connectivity index (χ4n) is 4.62. The van der Waals surface area contributed by atoms with E-state index in [1.54, 1.807) is 4.90 Å². The topological polar surface area (TPSA) is 49.4 Å². The maximum absolute atomic E-state index is 12.4. The van der Waals surface area contributed by atoms with Crippen molar-refractivity contribution >= 4 is 11.8 Å². The Labute approximate surface area is 107 Å². The Morgan fingerprint density at radius 1 is 0.889 bits per heavy atom. The highest BCUT2D eigenvalue weighted by atomic mass is 16.2. The van der Waals surface area contributed by atoms with Crippen LogP contribution >= 0.6 is 0 Å². The minimum atomic E-state index is 0.0324. The summed E-state index contributed by atoms with van der Waals surface area (Å²) in [6.45, 7) is 0. The van der Waals surface area contributed by atoms with Gasteiger partial charge >= 0.3 is 0 Å². The van der Waals surface area contributed by atoms with Gasteiger partial charge in [-0.05, 0) is 38.5 Å². The Morgan fingerprint density at radius 2 is 1.44 bits per heavy atom. The van der Waals surface area contributed by atoms with E-state index in [0.29, 0.717) is 12.1 Å². The predicted molar refractivity (Wildman–Crippen MR) is 65.7 cm³/mol. The third-order valence-electron chi connectivity index (χ3n) is 5.44. The van der Waals surface area contributed by atoms with Crippen LogP contribution in [0.4, 0.5) is 0 Å². The molecule has 4 heteroatoms. The van der Waals surface area contributed by atoms with Gasteiger partial charge < -0.3 is 5.32 Å². The van der Waals surface area contributed by atoms with Crippen molar-refractivity contribution in [2.45, 2.75) is 63.1 Å². The molecule has 2 amide bonds. The van der Waals surface area contributed by atoms with E-state index in [-0.39, 0.29) is 29.7 Å². The van der Waals surface area contributed by atoms with E-state index >= 15 is 0 Å². The van der Waals surface area contributed by atoms with Crippen LogP contribution in [0, 0.1) is 11.8 Å². The first-order chi connectivity index (χ1) is 8.74. The zero-order valence-electron chi connectivity index (χ0n) is 10.6. The molecule has 18 heavy (non-hydrogen) atoms. The van der Waals surface area contributed by atoms with Crippen molar-refractivity contribution in [1.29, 1.82) is 0 Å². The van der Waals surface area contributed by atoms with Crippen molar-refractivity contribution in [3.63, 3.8) is 0 Å². The minimum Gasteiger partial charge on any atom is -0.311 e. The summed E-state index contributed by atoms with van der Waals surface area (Å²) in [4.78, 5) is 26.5. The van der Waals surface area contributed by atoms with Crippen LogP contribution in [0.15, 0.2) is 0 Å². The second-order valence-electron chi connectivity index (χ2n) is 6.45. The number of hydrogen-bond acceptors (Lipinski definition) is 3. The molecule has 2 bridgehead atoms. The van der Waals surface area contributed by atoms with Gasteiger partial charge in [0.05, 0.1) is 11.8 Å². The molecule has 4 aliphatic rings. The van der Waals surface area contributed by atoms with Crippen molar-refractivity contribution in [3.05, 3.63) is 0 Å². The van der Waals surface area contributed by atoms with Crippen LogP contribution in [0.25, 0.3) is 0 Å². The lowest BCUT2D eigenvalue weighted by Gasteiger charge is -2.34. The third-order valence-corrected chi connectivity index (χ3v) is 5.44. The van der Waals surface area contributed by atoms with Gasteiger partial charge in [0, 0.05) is 18.1 Å². The van der Waals surface area contributed by atoms with E-state index in [1.807, 2.05) is 0 Å². The summed E-state index contributed by atoms with van der Waals surface area (Å²) >= 11 is 0. The number of piperidine rings is 1. The molecule has 4 atom stereocenters. The zero-order chi connectivity index (χ0) is 12.3. The monoisotopic (exact) mass is 248 g/mol. The van der Waals surface area contributed by atoms with Gasteiger partial charge in [-0.15, -0.1) is 0 Å². The Hall–Kier alpha value is -0.900. The first kappa shape index (κ1) is 11.0. The lowest BCUT2D eigenvalue weighted by molar-refractivity contribution is -0.143. The number of carbonyl (C=O) groups is 2. The van der Waals surface area contributed by atoms with Crippen molar-refractivity contribution < 1.29 is 9.59 Å². The van der Waals surface area contributed by atoms with Gasteiger partial charge in [0.25, 0.3) is 0 Å². The van der Waals surface area contributed by atoms with Gasteiger partial charge in [-0.25, -0.2) is 0 Å². The summed E-state index contributed by atoms with van der Waals surface area (Å²) in [5.41, 5.74) is 0. The fraction of sp³-hybridized carbons (Fsp3) is 0.857. The molecule has 0 aromatic heterocycles. The molecule has 0 radical (unpaired) electrons. The molecule has 1 N–H and O–H groups in total. The quantitative estimate of drug-likeness (QED) is 0.706. The number of hydrogen-bond donors (Lipinski definition) is 1. The number of imide groups is 1. The molecule has 1 aliphatic carbocycles. The summed E-state index contributed by atoms with van der Waals surface area (Å²) in [5, 5.41) is 3.57. The first-order valence-corrected chi connectivity index (χ1v) is 7.37. The zero-order valence-corrected chi connectivity index (χ0v) is 10.6. The summed E-state index contributed by atoms with van der Waals surface area (Å²) in [7, 11) is 0. The largest absolute Gasteiger partial charge is 0.311 e. The average molecular weight is 248 g/mol. The van der Waals surface area contributed by atoms with Crippen LogP contribution in [0.5, 0.6) is 0 Å². The van der Waals surface area contributed by atoms with E-state index < -0.39 is 0 Å². The Balaban J connectivity index is 1.58. The second kappa shape index (κ2) is 3.80. The van der Waals surface area contributed by atoms with Gasteiger partial charge in [-0.2, -0.15) is 0 Å². The van der Waals surface area contributed by atoms with Crippen molar-refractivity contribution in [1.82, 2.24) is 10.2 Å². The number of rotatable bonds is 1. The predicted octanol–water partition coefficient (Wildman–Crippen LogP) is 1.05. The highest BCUT2D eigenvalue weighted by Gasteiger charge is 2.53. The maximum Gasteiger partial charge on any atom is 0.233 e. The first-order valence-electron chi connectivity index (χ1n) is 7.37. The smallest absolute Gasteiger partial charge is 0.233 e. The molecule has 4 unspecified atom stereocenters. The summed E-state index contributed by atoms with van der Waals surface area (Å²) < 4.78 is 0. The SMILES string of the molecule is O=C1C2CCCC2C(=O)N1C1CC2CCC(C1)N2. The Morgan fingerprint density at radius 3 is 2.00 bits per heavy atom. The Bertz CT molecular complexity index is 375.